The normalized spacial score (nSPS) is 23.1. The Morgan fingerprint density at radius 2 is 1.73 bits per heavy atom. The lowest BCUT2D eigenvalue weighted by Crippen LogP contribution is -2.54. The number of rotatable bonds is 17. The molecule has 0 radical (unpaired) electrons. The topological polar surface area (TPSA) is 169 Å². The zero-order chi connectivity index (χ0) is 36.8. The van der Waals surface area contributed by atoms with Gasteiger partial charge < -0.3 is 49.1 Å². The van der Waals surface area contributed by atoms with Crippen LogP contribution in [0, 0.1) is 11.8 Å². The molecule has 51 heavy (non-hydrogen) atoms. The lowest BCUT2D eigenvalue weighted by Gasteiger charge is -2.47. The number of fused-ring (bicyclic) bond motifs is 1. The molecule has 0 saturated carbocycles. The highest BCUT2D eigenvalue weighted by Gasteiger charge is 2.47. The molecule has 1 spiro atoms. The van der Waals surface area contributed by atoms with E-state index < -0.39 is 48.3 Å². The summed E-state index contributed by atoms with van der Waals surface area (Å²) in [5, 5.41) is 8.43. The summed E-state index contributed by atoms with van der Waals surface area (Å²) >= 11 is 0. The zero-order valence-electron chi connectivity index (χ0n) is 30.8. The molecule has 3 aliphatic rings. The highest BCUT2D eigenvalue weighted by Crippen LogP contribution is 2.41. The van der Waals surface area contributed by atoms with Crippen molar-refractivity contribution in [2.45, 2.75) is 136 Å². The third-order valence-corrected chi connectivity index (χ3v) is 9.11. The monoisotopic (exact) mass is 719 g/mol. The number of carbonyl (C=O) groups excluding carboxylic acids is 4. The molecule has 14 heteroatoms. The van der Waals surface area contributed by atoms with Crippen molar-refractivity contribution < 1.29 is 52.3 Å². The van der Waals surface area contributed by atoms with Crippen LogP contribution in [0.3, 0.4) is 0 Å². The molecular weight excluding hydrogens is 662 g/mol. The van der Waals surface area contributed by atoms with E-state index in [1.807, 2.05) is 12.1 Å². The second-order valence-electron chi connectivity index (χ2n) is 14.3. The molecular formula is C37H57N3O11. The van der Waals surface area contributed by atoms with Gasteiger partial charge in [-0.25, -0.2) is 14.4 Å². The highest BCUT2D eigenvalue weighted by atomic mass is 16.7. The Labute approximate surface area is 301 Å². The fourth-order valence-electron chi connectivity index (χ4n) is 6.49. The van der Waals surface area contributed by atoms with Gasteiger partial charge in [0.2, 0.25) is 12.7 Å². The average Bonchev–Trinajstić information content (AvgIpc) is 3.57. The molecule has 3 aliphatic heterocycles. The largest absolute Gasteiger partial charge is 0.464 e. The molecule has 1 aromatic rings. The van der Waals surface area contributed by atoms with Crippen LogP contribution in [0.25, 0.3) is 0 Å². The number of hydrogen-bond donors (Lipinski definition) is 3. The van der Waals surface area contributed by atoms with Gasteiger partial charge in [0, 0.05) is 44.3 Å². The summed E-state index contributed by atoms with van der Waals surface area (Å²) in [7, 11) is 0. The van der Waals surface area contributed by atoms with E-state index >= 15 is 0 Å². The first-order valence-electron chi connectivity index (χ1n) is 18.5. The van der Waals surface area contributed by atoms with Crippen LogP contribution >= 0.6 is 0 Å². The van der Waals surface area contributed by atoms with E-state index in [0.29, 0.717) is 62.0 Å². The number of alkyl carbamates (subject to hydrolysis) is 2. The lowest BCUT2D eigenvalue weighted by atomic mass is 9.90. The number of esters is 1. The standard InChI is InChI=1S/C37H57N3O11/c1-6-45-34(42)30(14-12-24(2)3)40-32(41)15-13-27-19-29(49-36(44)39-21-26-9-7-11-31-33(26)48-23-47-31)20-37(50-27)17-8-10-28(51-37)22-46-35(43)38-18-16-25(4)5/h7,9,11,24-25,27-30H,6,8,10,12-23H2,1-5H3,(H,38,43)(H,39,44)(H,40,41)/t27-,28-,29-,30+,37+/m1/s1. The molecule has 3 N–H and O–H groups in total. The Morgan fingerprint density at radius 3 is 2.49 bits per heavy atom. The van der Waals surface area contributed by atoms with Crippen molar-refractivity contribution in [3.63, 3.8) is 0 Å². The first-order valence-corrected chi connectivity index (χ1v) is 18.5. The van der Waals surface area contributed by atoms with Crippen LogP contribution in [0.5, 0.6) is 11.5 Å². The Morgan fingerprint density at radius 1 is 0.941 bits per heavy atom. The average molecular weight is 720 g/mol. The summed E-state index contributed by atoms with van der Waals surface area (Å²) in [6.07, 6.45) is 2.47. The summed E-state index contributed by atoms with van der Waals surface area (Å²) in [5.74, 6) is 0.189. The molecule has 2 saturated heterocycles. The molecule has 14 nitrogen and oxygen atoms in total. The molecule has 4 rings (SSSR count). The van der Waals surface area contributed by atoms with Crippen LogP contribution < -0.4 is 25.4 Å². The molecule has 0 unspecified atom stereocenters. The number of benzene rings is 1. The predicted molar refractivity (Wildman–Crippen MR) is 186 cm³/mol. The van der Waals surface area contributed by atoms with Crippen LogP contribution in [-0.4, -0.2) is 80.8 Å². The molecule has 5 atom stereocenters. The third kappa shape index (κ3) is 13.1. The number of hydrogen-bond acceptors (Lipinski definition) is 11. The summed E-state index contributed by atoms with van der Waals surface area (Å²) in [4.78, 5) is 51.1. The van der Waals surface area contributed by atoms with Crippen molar-refractivity contribution in [3.05, 3.63) is 23.8 Å². The summed E-state index contributed by atoms with van der Waals surface area (Å²) in [6, 6.07) is 4.74. The Bertz CT molecular complexity index is 1310. The van der Waals surface area contributed by atoms with Crippen molar-refractivity contribution in [2.24, 2.45) is 11.8 Å². The van der Waals surface area contributed by atoms with E-state index in [9.17, 15) is 19.2 Å². The maximum atomic E-state index is 13.1. The van der Waals surface area contributed by atoms with Gasteiger partial charge in [0.25, 0.3) is 0 Å². The number of para-hydroxylation sites is 1. The van der Waals surface area contributed by atoms with E-state index in [1.54, 1.807) is 13.0 Å². The van der Waals surface area contributed by atoms with Crippen molar-refractivity contribution in [1.29, 1.82) is 0 Å². The molecule has 0 bridgehead atoms. The van der Waals surface area contributed by atoms with Crippen LogP contribution in [0.1, 0.15) is 104 Å². The fourth-order valence-corrected chi connectivity index (χ4v) is 6.49. The van der Waals surface area contributed by atoms with Gasteiger partial charge in [-0.05, 0) is 63.4 Å². The minimum atomic E-state index is -1.10. The summed E-state index contributed by atoms with van der Waals surface area (Å²) < 4.78 is 40.6. The van der Waals surface area contributed by atoms with Gasteiger partial charge in [-0.3, -0.25) is 4.79 Å². The van der Waals surface area contributed by atoms with E-state index in [1.165, 1.54) is 0 Å². The number of amides is 3. The zero-order valence-corrected chi connectivity index (χ0v) is 30.8. The maximum absolute atomic E-state index is 13.1. The summed E-state index contributed by atoms with van der Waals surface area (Å²) in [6.45, 7) is 11.1. The van der Waals surface area contributed by atoms with Crippen molar-refractivity contribution in [1.82, 2.24) is 16.0 Å². The quantitative estimate of drug-likeness (QED) is 0.138. The van der Waals surface area contributed by atoms with Crippen LogP contribution in [0.15, 0.2) is 18.2 Å². The molecule has 3 amide bonds. The Balaban J connectivity index is 1.38. The first-order chi connectivity index (χ1) is 24.4. The fraction of sp³-hybridized carbons (Fsp3) is 0.730. The SMILES string of the molecule is CCOC(=O)[C@H](CCC(C)C)NC(=O)CC[C@@H]1C[C@@H](OC(=O)NCc2cccc3c2OCO3)C[C@@]2(CCC[C@H](COC(=O)NCCC(C)C)O2)O1. The van der Waals surface area contributed by atoms with Crippen molar-refractivity contribution >= 4 is 24.1 Å². The maximum Gasteiger partial charge on any atom is 0.407 e. The Hall–Kier alpha value is -3.78. The van der Waals surface area contributed by atoms with Gasteiger partial charge in [0.15, 0.2) is 17.3 Å². The van der Waals surface area contributed by atoms with Gasteiger partial charge in [0.05, 0.1) is 18.8 Å². The van der Waals surface area contributed by atoms with E-state index in [4.69, 9.17) is 33.2 Å². The van der Waals surface area contributed by atoms with Crippen LogP contribution in [-0.2, 0) is 39.8 Å². The minimum Gasteiger partial charge on any atom is -0.464 e. The number of nitrogens with one attached hydrogen (secondary N) is 3. The van der Waals surface area contributed by atoms with E-state index in [0.717, 1.165) is 24.8 Å². The molecule has 286 valence electrons. The van der Waals surface area contributed by atoms with E-state index in [2.05, 4.69) is 43.6 Å². The van der Waals surface area contributed by atoms with Crippen molar-refractivity contribution in [2.75, 3.05) is 26.6 Å². The molecule has 0 aliphatic carbocycles. The lowest BCUT2D eigenvalue weighted by molar-refractivity contribution is -0.329. The first kappa shape index (κ1) is 40.0. The van der Waals surface area contributed by atoms with Crippen molar-refractivity contribution in [3.8, 4) is 11.5 Å². The number of carbonyl (C=O) groups is 4. The van der Waals surface area contributed by atoms with Gasteiger partial charge >= 0.3 is 18.2 Å². The van der Waals surface area contributed by atoms with Gasteiger partial charge in [-0.2, -0.15) is 0 Å². The van der Waals surface area contributed by atoms with Crippen LogP contribution in [0.2, 0.25) is 0 Å². The molecule has 0 aromatic heterocycles. The molecule has 3 heterocycles. The third-order valence-electron chi connectivity index (χ3n) is 9.11. The minimum absolute atomic E-state index is 0.0521. The molecule has 2 fully saturated rings. The van der Waals surface area contributed by atoms with Crippen LogP contribution in [0.4, 0.5) is 9.59 Å². The van der Waals surface area contributed by atoms with E-state index in [-0.39, 0.29) is 45.3 Å². The highest BCUT2D eigenvalue weighted by molar-refractivity contribution is 5.84. The van der Waals surface area contributed by atoms with Gasteiger partial charge in [-0.1, -0.05) is 39.8 Å². The predicted octanol–water partition coefficient (Wildman–Crippen LogP) is 5.49. The smallest absolute Gasteiger partial charge is 0.407 e. The molecule has 1 aromatic carbocycles. The van der Waals surface area contributed by atoms with Gasteiger partial charge in [0.1, 0.15) is 18.8 Å². The van der Waals surface area contributed by atoms with Gasteiger partial charge in [-0.15, -0.1) is 0 Å². The second-order valence-corrected chi connectivity index (χ2v) is 14.3. The Kier molecular flexibility index (Phi) is 15.5. The summed E-state index contributed by atoms with van der Waals surface area (Å²) in [5.41, 5.74) is 0.760. The second kappa shape index (κ2) is 19.7. The number of ether oxygens (including phenoxy) is 7.